The highest BCUT2D eigenvalue weighted by atomic mass is 16.4. The van der Waals surface area contributed by atoms with Crippen molar-refractivity contribution in [2.45, 2.75) is 51.7 Å². The van der Waals surface area contributed by atoms with Crippen LogP contribution in [0.2, 0.25) is 0 Å². The number of hydrogen-bond acceptors (Lipinski definition) is 2. The fraction of sp³-hybridized carbons (Fsp3) is 0.588. The summed E-state index contributed by atoms with van der Waals surface area (Å²) < 4.78 is 0. The highest BCUT2D eigenvalue weighted by Gasteiger charge is 2.38. The first-order valence-electron chi connectivity index (χ1n) is 7.62. The van der Waals surface area contributed by atoms with Crippen LogP contribution in [-0.4, -0.2) is 45.7 Å². The number of nitrogens with zero attached hydrogens (tertiary/aromatic N) is 2. The molecule has 1 aromatic rings. The van der Waals surface area contributed by atoms with E-state index < -0.39 is 6.09 Å². The van der Waals surface area contributed by atoms with Gasteiger partial charge in [-0.25, -0.2) is 4.79 Å². The molecule has 1 heterocycles. The Morgan fingerprint density at radius 2 is 1.95 bits per heavy atom. The third-order valence-electron chi connectivity index (χ3n) is 4.32. The van der Waals surface area contributed by atoms with E-state index in [4.69, 9.17) is 0 Å². The summed E-state index contributed by atoms with van der Waals surface area (Å²) in [5.74, 6) is 0. The minimum atomic E-state index is -0.818. The Bertz CT molecular complexity index is 481. The van der Waals surface area contributed by atoms with Crippen LogP contribution in [0.3, 0.4) is 0 Å². The van der Waals surface area contributed by atoms with Crippen molar-refractivity contribution in [3.05, 3.63) is 35.9 Å². The normalized spacial score (nSPS) is 21.2. The van der Waals surface area contributed by atoms with E-state index in [9.17, 15) is 9.90 Å². The number of amides is 1. The fourth-order valence-corrected chi connectivity index (χ4v) is 3.26. The Hall–Kier alpha value is -1.55. The maximum atomic E-state index is 11.6. The fourth-order valence-electron chi connectivity index (χ4n) is 3.26. The summed E-state index contributed by atoms with van der Waals surface area (Å²) in [5.41, 5.74) is 0.929. The van der Waals surface area contributed by atoms with E-state index in [0.29, 0.717) is 6.04 Å². The number of likely N-dealkylation sites (tertiary alicyclic amines) is 1. The zero-order valence-corrected chi connectivity index (χ0v) is 13.4. The standard InChI is InChI=1S/C17H26N2O2/c1-13(14-8-6-5-7-9-14)18-11-10-15(12-18)19(16(20)21)17(2,3)4/h5-9,13,15H,10-12H2,1-4H3,(H,20,21)/t13-,15+/m1/s1. The molecule has 4 heteroatoms. The largest absolute Gasteiger partial charge is 0.465 e. The van der Waals surface area contributed by atoms with Crippen molar-refractivity contribution >= 4 is 6.09 Å². The predicted octanol–water partition coefficient (Wildman–Crippen LogP) is 3.60. The summed E-state index contributed by atoms with van der Waals surface area (Å²) in [6.45, 7) is 9.83. The summed E-state index contributed by atoms with van der Waals surface area (Å²) in [6.07, 6.45) is 0.0857. The van der Waals surface area contributed by atoms with Gasteiger partial charge in [0.15, 0.2) is 0 Å². The van der Waals surface area contributed by atoms with Crippen LogP contribution in [0, 0.1) is 0 Å². The average molecular weight is 290 g/mol. The summed E-state index contributed by atoms with van der Waals surface area (Å²) >= 11 is 0. The van der Waals surface area contributed by atoms with Gasteiger partial charge < -0.3 is 5.11 Å². The molecule has 2 rings (SSSR count). The van der Waals surface area contributed by atoms with E-state index in [1.807, 2.05) is 26.8 Å². The van der Waals surface area contributed by atoms with Crippen molar-refractivity contribution in [2.75, 3.05) is 13.1 Å². The molecule has 1 amide bonds. The van der Waals surface area contributed by atoms with Gasteiger partial charge in [-0.15, -0.1) is 0 Å². The lowest BCUT2D eigenvalue weighted by atomic mass is 10.0. The molecule has 0 bridgehead atoms. The molecular formula is C17H26N2O2. The lowest BCUT2D eigenvalue weighted by Gasteiger charge is -2.38. The molecule has 4 nitrogen and oxygen atoms in total. The van der Waals surface area contributed by atoms with E-state index >= 15 is 0 Å². The maximum absolute atomic E-state index is 11.6. The third-order valence-corrected chi connectivity index (χ3v) is 4.32. The molecule has 1 saturated heterocycles. The van der Waals surface area contributed by atoms with Gasteiger partial charge in [0.1, 0.15) is 0 Å². The predicted molar refractivity (Wildman–Crippen MR) is 84.5 cm³/mol. The smallest absolute Gasteiger partial charge is 0.408 e. The molecule has 1 fully saturated rings. The van der Waals surface area contributed by atoms with Gasteiger partial charge in [-0.1, -0.05) is 30.3 Å². The minimum absolute atomic E-state index is 0.0775. The Kier molecular flexibility index (Phi) is 4.57. The molecule has 21 heavy (non-hydrogen) atoms. The summed E-state index contributed by atoms with van der Waals surface area (Å²) in [4.78, 5) is 15.6. The van der Waals surface area contributed by atoms with E-state index in [2.05, 4.69) is 36.1 Å². The van der Waals surface area contributed by atoms with Crippen LogP contribution in [0.5, 0.6) is 0 Å². The molecule has 0 aromatic heterocycles. The van der Waals surface area contributed by atoms with Gasteiger partial charge in [-0.2, -0.15) is 0 Å². The number of hydrogen-bond donors (Lipinski definition) is 1. The molecule has 2 atom stereocenters. The first-order chi connectivity index (χ1) is 9.80. The average Bonchev–Trinajstić information content (AvgIpc) is 2.86. The molecule has 116 valence electrons. The summed E-state index contributed by atoms with van der Waals surface area (Å²) in [6, 6.07) is 10.8. The first kappa shape index (κ1) is 15.8. The third kappa shape index (κ3) is 3.56. The van der Waals surface area contributed by atoms with Crippen LogP contribution in [0.25, 0.3) is 0 Å². The molecular weight excluding hydrogens is 264 g/mol. The van der Waals surface area contributed by atoms with E-state index in [1.54, 1.807) is 4.90 Å². The number of rotatable bonds is 3. The zero-order chi connectivity index (χ0) is 15.6. The molecule has 1 aromatic carbocycles. The van der Waals surface area contributed by atoms with Crippen LogP contribution >= 0.6 is 0 Å². The lowest BCUT2D eigenvalue weighted by molar-refractivity contribution is 0.0705. The van der Waals surface area contributed by atoms with Gasteiger partial charge in [0.25, 0.3) is 0 Å². The lowest BCUT2D eigenvalue weighted by Crippen LogP contribution is -2.52. The maximum Gasteiger partial charge on any atom is 0.408 e. The van der Waals surface area contributed by atoms with Crippen molar-refractivity contribution in [1.29, 1.82) is 0 Å². The number of carboxylic acid groups (broad SMARTS) is 1. The van der Waals surface area contributed by atoms with Crippen LogP contribution < -0.4 is 0 Å². The van der Waals surface area contributed by atoms with Gasteiger partial charge in [-0.05, 0) is 39.7 Å². The van der Waals surface area contributed by atoms with Gasteiger partial charge in [0.05, 0.1) is 0 Å². The van der Waals surface area contributed by atoms with Crippen molar-refractivity contribution in [3.63, 3.8) is 0 Å². The van der Waals surface area contributed by atoms with Crippen molar-refractivity contribution in [3.8, 4) is 0 Å². The topological polar surface area (TPSA) is 43.8 Å². The second-order valence-electron chi connectivity index (χ2n) is 6.85. The minimum Gasteiger partial charge on any atom is -0.465 e. The molecule has 1 aliphatic rings. The van der Waals surface area contributed by atoms with Gasteiger partial charge in [0, 0.05) is 30.7 Å². The zero-order valence-electron chi connectivity index (χ0n) is 13.4. The van der Waals surface area contributed by atoms with E-state index in [0.717, 1.165) is 19.5 Å². The summed E-state index contributed by atoms with van der Waals surface area (Å²) in [7, 11) is 0. The number of carbonyl (C=O) groups is 1. The van der Waals surface area contributed by atoms with E-state index in [1.165, 1.54) is 5.56 Å². The Morgan fingerprint density at radius 3 is 2.48 bits per heavy atom. The molecule has 0 aliphatic carbocycles. The highest BCUT2D eigenvalue weighted by Crippen LogP contribution is 2.29. The van der Waals surface area contributed by atoms with Crippen LogP contribution in [0.1, 0.15) is 45.7 Å². The second-order valence-corrected chi connectivity index (χ2v) is 6.85. The Balaban J connectivity index is 2.08. The van der Waals surface area contributed by atoms with Gasteiger partial charge in [-0.3, -0.25) is 9.80 Å². The van der Waals surface area contributed by atoms with Crippen molar-refractivity contribution < 1.29 is 9.90 Å². The second kappa shape index (κ2) is 6.06. The molecule has 0 saturated carbocycles. The van der Waals surface area contributed by atoms with Crippen LogP contribution in [0.4, 0.5) is 4.79 Å². The van der Waals surface area contributed by atoms with Gasteiger partial charge >= 0.3 is 6.09 Å². The first-order valence-corrected chi connectivity index (χ1v) is 7.62. The number of benzene rings is 1. The quantitative estimate of drug-likeness (QED) is 0.925. The molecule has 1 aliphatic heterocycles. The summed E-state index contributed by atoms with van der Waals surface area (Å²) in [5, 5.41) is 9.52. The molecule has 0 radical (unpaired) electrons. The highest BCUT2D eigenvalue weighted by molar-refractivity contribution is 5.66. The Labute approximate surface area is 127 Å². The van der Waals surface area contributed by atoms with E-state index in [-0.39, 0.29) is 11.6 Å². The van der Waals surface area contributed by atoms with Crippen LogP contribution in [0.15, 0.2) is 30.3 Å². The van der Waals surface area contributed by atoms with Crippen molar-refractivity contribution in [2.24, 2.45) is 0 Å². The monoisotopic (exact) mass is 290 g/mol. The molecule has 0 spiro atoms. The van der Waals surface area contributed by atoms with Gasteiger partial charge in [0.2, 0.25) is 0 Å². The van der Waals surface area contributed by atoms with Crippen LogP contribution in [-0.2, 0) is 0 Å². The Morgan fingerprint density at radius 1 is 1.33 bits per heavy atom. The molecule has 1 N–H and O–H groups in total. The molecule has 0 unspecified atom stereocenters. The SMILES string of the molecule is C[C@H](c1ccccc1)N1CC[C@H](N(C(=O)O)C(C)(C)C)C1. The van der Waals surface area contributed by atoms with Crippen molar-refractivity contribution in [1.82, 2.24) is 9.80 Å².